The van der Waals surface area contributed by atoms with Crippen molar-refractivity contribution in [3.63, 3.8) is 0 Å². The summed E-state index contributed by atoms with van der Waals surface area (Å²) in [5, 5.41) is 12.6. The number of hydrogen-bond donors (Lipinski definition) is 2. The molecule has 0 aliphatic carbocycles. The Balaban J connectivity index is 3.12. The predicted molar refractivity (Wildman–Crippen MR) is 84.5 cm³/mol. The molecule has 0 aliphatic heterocycles. The quantitative estimate of drug-likeness (QED) is 0.807. The molecule has 0 aromatic heterocycles. The van der Waals surface area contributed by atoms with Gasteiger partial charge in [-0.15, -0.1) is 0 Å². The zero-order chi connectivity index (χ0) is 15.5. The molecule has 0 aliphatic rings. The van der Waals surface area contributed by atoms with Gasteiger partial charge < -0.3 is 10.4 Å². The molecule has 1 aromatic rings. The van der Waals surface area contributed by atoms with Crippen LogP contribution in [0.5, 0.6) is 0 Å². The van der Waals surface area contributed by atoms with Gasteiger partial charge in [-0.05, 0) is 36.8 Å². The Morgan fingerprint density at radius 2 is 1.60 bits per heavy atom. The Labute approximate surface area is 122 Å². The van der Waals surface area contributed by atoms with Gasteiger partial charge in [0.25, 0.3) is 0 Å². The summed E-state index contributed by atoms with van der Waals surface area (Å²) < 4.78 is 0. The molecule has 3 heteroatoms. The first-order valence-electron chi connectivity index (χ1n) is 7.27. The fraction of sp³-hybridized carbons (Fsp3) is 0.588. The molecule has 3 nitrogen and oxygen atoms in total. The average molecular weight is 277 g/mol. The van der Waals surface area contributed by atoms with Crippen molar-refractivity contribution < 1.29 is 9.90 Å². The molecule has 20 heavy (non-hydrogen) atoms. The van der Waals surface area contributed by atoms with E-state index < -0.39 is 11.4 Å². The highest BCUT2D eigenvalue weighted by Crippen LogP contribution is 2.33. The molecule has 2 N–H and O–H groups in total. The number of hydrogen-bond acceptors (Lipinski definition) is 2. The van der Waals surface area contributed by atoms with Crippen molar-refractivity contribution in [1.29, 1.82) is 0 Å². The number of benzene rings is 1. The van der Waals surface area contributed by atoms with E-state index in [-0.39, 0.29) is 0 Å². The molecule has 112 valence electrons. The minimum atomic E-state index is -0.780. The lowest BCUT2D eigenvalue weighted by atomic mass is 9.90. The second-order valence-electron chi connectivity index (χ2n) is 6.66. The van der Waals surface area contributed by atoms with E-state index in [9.17, 15) is 9.90 Å². The van der Waals surface area contributed by atoms with Crippen LogP contribution in [0.4, 0.5) is 5.69 Å². The van der Waals surface area contributed by atoms with Crippen molar-refractivity contribution in [2.45, 2.75) is 53.4 Å². The van der Waals surface area contributed by atoms with Crippen LogP contribution in [0.15, 0.2) is 18.2 Å². The SMILES string of the molecule is CC(C)c1cccc(C(C)C)c1NCC(C)(C)C(=O)O. The summed E-state index contributed by atoms with van der Waals surface area (Å²) in [5.74, 6) is 0.0337. The number of aliphatic carboxylic acids is 1. The van der Waals surface area contributed by atoms with Crippen molar-refractivity contribution in [1.82, 2.24) is 0 Å². The van der Waals surface area contributed by atoms with Crippen LogP contribution in [0.25, 0.3) is 0 Å². The summed E-state index contributed by atoms with van der Waals surface area (Å²) >= 11 is 0. The summed E-state index contributed by atoms with van der Waals surface area (Å²) in [4.78, 5) is 11.2. The molecule has 0 saturated carbocycles. The first kappa shape index (κ1) is 16.5. The van der Waals surface area contributed by atoms with Gasteiger partial charge in [0.05, 0.1) is 5.41 Å². The lowest BCUT2D eigenvalue weighted by molar-refractivity contribution is -0.146. The van der Waals surface area contributed by atoms with Crippen LogP contribution in [-0.2, 0) is 4.79 Å². The van der Waals surface area contributed by atoms with Gasteiger partial charge >= 0.3 is 5.97 Å². The maximum atomic E-state index is 11.2. The van der Waals surface area contributed by atoms with Gasteiger partial charge in [0.15, 0.2) is 0 Å². The number of rotatable bonds is 6. The molecular formula is C17H27NO2. The van der Waals surface area contributed by atoms with Gasteiger partial charge in [0.1, 0.15) is 0 Å². The monoisotopic (exact) mass is 277 g/mol. The number of para-hydroxylation sites is 1. The van der Waals surface area contributed by atoms with Crippen molar-refractivity contribution in [2.24, 2.45) is 5.41 Å². The number of carbonyl (C=O) groups is 1. The molecule has 1 aromatic carbocycles. The molecule has 0 atom stereocenters. The minimum Gasteiger partial charge on any atom is -0.481 e. The molecule has 1 rings (SSSR count). The molecule has 0 heterocycles. The Kier molecular flexibility index (Phi) is 5.21. The third-order valence-electron chi connectivity index (χ3n) is 3.66. The minimum absolute atomic E-state index is 0.407. The number of carboxylic acids is 1. The topological polar surface area (TPSA) is 49.3 Å². The first-order chi connectivity index (χ1) is 9.16. The lowest BCUT2D eigenvalue weighted by Gasteiger charge is -2.25. The normalized spacial score (nSPS) is 12.0. The smallest absolute Gasteiger partial charge is 0.310 e. The molecule has 0 fully saturated rings. The van der Waals surface area contributed by atoms with E-state index in [1.807, 2.05) is 0 Å². The molecule has 0 bridgehead atoms. The van der Waals surface area contributed by atoms with Crippen LogP contribution < -0.4 is 5.32 Å². The standard InChI is InChI=1S/C17H27NO2/c1-11(2)13-8-7-9-14(12(3)4)15(13)18-10-17(5,6)16(19)20/h7-9,11-12,18H,10H2,1-6H3,(H,19,20). The Morgan fingerprint density at radius 3 is 1.95 bits per heavy atom. The van der Waals surface area contributed by atoms with E-state index in [0.29, 0.717) is 18.4 Å². The first-order valence-corrected chi connectivity index (χ1v) is 7.27. The molecule has 0 spiro atoms. The van der Waals surface area contributed by atoms with Crippen LogP contribution in [-0.4, -0.2) is 17.6 Å². The molecule has 0 radical (unpaired) electrons. The molecule has 0 unspecified atom stereocenters. The zero-order valence-electron chi connectivity index (χ0n) is 13.4. The fourth-order valence-electron chi connectivity index (χ4n) is 2.14. The van der Waals surface area contributed by atoms with E-state index in [1.54, 1.807) is 13.8 Å². The third-order valence-corrected chi connectivity index (χ3v) is 3.66. The maximum Gasteiger partial charge on any atom is 0.310 e. The van der Waals surface area contributed by atoms with Gasteiger partial charge in [-0.1, -0.05) is 45.9 Å². The van der Waals surface area contributed by atoms with Gasteiger partial charge in [-0.25, -0.2) is 0 Å². The van der Waals surface area contributed by atoms with Crippen LogP contribution in [0.2, 0.25) is 0 Å². The summed E-state index contributed by atoms with van der Waals surface area (Å²) in [5.41, 5.74) is 2.82. The predicted octanol–water partition coefficient (Wildman–Crippen LogP) is 4.46. The Morgan fingerprint density at radius 1 is 1.15 bits per heavy atom. The summed E-state index contributed by atoms with van der Waals surface area (Å²) in [6, 6.07) is 6.32. The zero-order valence-corrected chi connectivity index (χ0v) is 13.4. The molecular weight excluding hydrogens is 250 g/mol. The largest absolute Gasteiger partial charge is 0.481 e. The molecule has 0 saturated heterocycles. The Bertz CT molecular complexity index is 450. The Hall–Kier alpha value is -1.51. The molecule has 0 amide bonds. The highest BCUT2D eigenvalue weighted by atomic mass is 16.4. The number of nitrogens with one attached hydrogen (secondary N) is 1. The van der Waals surface area contributed by atoms with Gasteiger partial charge in [-0.3, -0.25) is 4.79 Å². The van der Waals surface area contributed by atoms with Crippen LogP contribution >= 0.6 is 0 Å². The highest BCUT2D eigenvalue weighted by molar-refractivity contribution is 5.75. The average Bonchev–Trinajstić information content (AvgIpc) is 2.35. The van der Waals surface area contributed by atoms with E-state index in [4.69, 9.17) is 0 Å². The van der Waals surface area contributed by atoms with Crippen molar-refractivity contribution >= 4 is 11.7 Å². The van der Waals surface area contributed by atoms with E-state index in [0.717, 1.165) is 5.69 Å². The second-order valence-corrected chi connectivity index (χ2v) is 6.66. The third kappa shape index (κ3) is 3.75. The van der Waals surface area contributed by atoms with Crippen molar-refractivity contribution in [3.05, 3.63) is 29.3 Å². The number of carboxylic acid groups (broad SMARTS) is 1. The van der Waals surface area contributed by atoms with Gasteiger partial charge in [0, 0.05) is 12.2 Å². The van der Waals surface area contributed by atoms with Gasteiger partial charge in [0.2, 0.25) is 0 Å². The number of anilines is 1. The maximum absolute atomic E-state index is 11.2. The lowest BCUT2D eigenvalue weighted by Crippen LogP contribution is -2.32. The van der Waals surface area contributed by atoms with E-state index in [2.05, 4.69) is 51.2 Å². The van der Waals surface area contributed by atoms with Crippen LogP contribution in [0, 0.1) is 5.41 Å². The van der Waals surface area contributed by atoms with Crippen LogP contribution in [0.3, 0.4) is 0 Å². The fourth-order valence-corrected chi connectivity index (χ4v) is 2.14. The van der Waals surface area contributed by atoms with Crippen LogP contribution in [0.1, 0.15) is 64.5 Å². The second kappa shape index (κ2) is 6.29. The van der Waals surface area contributed by atoms with Crippen molar-refractivity contribution in [3.8, 4) is 0 Å². The van der Waals surface area contributed by atoms with E-state index >= 15 is 0 Å². The summed E-state index contributed by atoms with van der Waals surface area (Å²) in [6.07, 6.45) is 0. The summed E-state index contributed by atoms with van der Waals surface area (Å²) in [6.45, 7) is 12.6. The van der Waals surface area contributed by atoms with E-state index in [1.165, 1.54) is 11.1 Å². The van der Waals surface area contributed by atoms with Crippen molar-refractivity contribution in [2.75, 3.05) is 11.9 Å². The summed E-state index contributed by atoms with van der Waals surface area (Å²) in [7, 11) is 0. The highest BCUT2D eigenvalue weighted by Gasteiger charge is 2.27. The van der Waals surface area contributed by atoms with Gasteiger partial charge in [-0.2, -0.15) is 0 Å².